The molecule has 2 heterocycles. The van der Waals surface area contributed by atoms with Crippen molar-refractivity contribution in [1.29, 1.82) is 0 Å². The van der Waals surface area contributed by atoms with Gasteiger partial charge in [0.15, 0.2) is 9.84 Å². The molecule has 1 aliphatic rings. The molecule has 9 heteroatoms. The molecule has 3 aromatic rings. The lowest BCUT2D eigenvalue weighted by Crippen LogP contribution is -2.48. The Morgan fingerprint density at radius 1 is 1.11 bits per heavy atom. The van der Waals surface area contributed by atoms with Crippen molar-refractivity contribution < 1.29 is 17.6 Å². The molecule has 4 rings (SSSR count). The lowest BCUT2D eigenvalue weighted by atomic mass is 10.0. The van der Waals surface area contributed by atoms with Gasteiger partial charge in [-0.3, -0.25) is 9.88 Å². The molecule has 0 radical (unpaired) electrons. The zero-order valence-corrected chi connectivity index (χ0v) is 20.4. The second kappa shape index (κ2) is 11.0. The third kappa shape index (κ3) is 6.64. The molecule has 0 bridgehead atoms. The van der Waals surface area contributed by atoms with Gasteiger partial charge in [0.1, 0.15) is 5.82 Å². The van der Waals surface area contributed by atoms with Crippen LogP contribution in [0.2, 0.25) is 0 Å². The highest BCUT2D eigenvalue weighted by Gasteiger charge is 2.29. The van der Waals surface area contributed by atoms with Crippen LogP contribution < -0.4 is 5.32 Å². The van der Waals surface area contributed by atoms with Crippen LogP contribution in [0.25, 0.3) is 0 Å². The highest BCUT2D eigenvalue weighted by molar-refractivity contribution is 7.90. The van der Waals surface area contributed by atoms with E-state index in [0.29, 0.717) is 23.7 Å². The standard InChI is InChI=1S/C26H29FN4O3S/c1-35(33,34)25-10-3-2-7-21(25)19-30-14-11-24(12-15-30)31(18-20-6-5-13-28-17-20)26(32)29-23-9-4-8-22(27)16-23/h2-10,13,16-17,24H,11-12,14-15,18-19H2,1H3,(H,29,32). The van der Waals surface area contributed by atoms with Crippen LogP contribution in [0.3, 0.4) is 0 Å². The number of hydrogen-bond acceptors (Lipinski definition) is 5. The first-order chi connectivity index (χ1) is 16.8. The number of piperidine rings is 1. The smallest absolute Gasteiger partial charge is 0.317 e. The average Bonchev–Trinajstić information content (AvgIpc) is 2.83. The van der Waals surface area contributed by atoms with Crippen LogP contribution in [-0.4, -0.2) is 54.6 Å². The topological polar surface area (TPSA) is 82.6 Å². The number of amides is 2. The van der Waals surface area contributed by atoms with Crippen molar-refractivity contribution in [2.75, 3.05) is 24.7 Å². The van der Waals surface area contributed by atoms with Gasteiger partial charge < -0.3 is 10.2 Å². The zero-order valence-electron chi connectivity index (χ0n) is 19.6. The number of halogens is 1. The van der Waals surface area contributed by atoms with Crippen LogP contribution in [0, 0.1) is 5.82 Å². The summed E-state index contributed by atoms with van der Waals surface area (Å²) in [5.74, 6) is -0.413. The van der Waals surface area contributed by atoms with Crippen molar-refractivity contribution >= 4 is 21.6 Å². The Bertz CT molecular complexity index is 1260. The third-order valence-electron chi connectivity index (χ3n) is 6.18. The lowest BCUT2D eigenvalue weighted by molar-refractivity contribution is 0.119. The fraction of sp³-hybridized carbons (Fsp3) is 0.308. The normalized spacial score (nSPS) is 15.0. The molecule has 0 atom stereocenters. The number of benzene rings is 2. The van der Waals surface area contributed by atoms with Gasteiger partial charge in [0.05, 0.1) is 4.90 Å². The maximum absolute atomic E-state index is 13.6. The molecule has 2 aromatic carbocycles. The summed E-state index contributed by atoms with van der Waals surface area (Å²) in [5.41, 5.74) is 2.09. The number of carbonyl (C=O) groups is 1. The number of likely N-dealkylation sites (tertiary alicyclic amines) is 1. The van der Waals surface area contributed by atoms with Gasteiger partial charge in [0.25, 0.3) is 0 Å². The van der Waals surface area contributed by atoms with Crippen LogP contribution in [0.1, 0.15) is 24.0 Å². The molecule has 35 heavy (non-hydrogen) atoms. The molecule has 1 saturated heterocycles. The van der Waals surface area contributed by atoms with Crippen molar-refractivity contribution in [2.45, 2.75) is 36.9 Å². The predicted octanol–water partition coefficient (Wildman–Crippen LogP) is 4.32. The van der Waals surface area contributed by atoms with Crippen LogP contribution in [-0.2, 0) is 22.9 Å². The third-order valence-corrected chi connectivity index (χ3v) is 7.37. The van der Waals surface area contributed by atoms with Gasteiger partial charge in [-0.2, -0.15) is 0 Å². The number of aromatic nitrogens is 1. The van der Waals surface area contributed by atoms with Gasteiger partial charge in [0, 0.05) is 56.6 Å². The molecule has 2 amide bonds. The first kappa shape index (κ1) is 24.8. The summed E-state index contributed by atoms with van der Waals surface area (Å²) in [6.07, 6.45) is 6.12. The van der Waals surface area contributed by atoms with Crippen LogP contribution >= 0.6 is 0 Å². The summed E-state index contributed by atoms with van der Waals surface area (Å²) in [6, 6.07) is 16.4. The molecule has 1 N–H and O–H groups in total. The number of sulfone groups is 1. The zero-order chi connectivity index (χ0) is 24.8. The Morgan fingerprint density at radius 3 is 2.57 bits per heavy atom. The Kier molecular flexibility index (Phi) is 7.77. The number of anilines is 1. The summed E-state index contributed by atoms with van der Waals surface area (Å²) in [4.78, 5) is 21.8. The molecule has 0 spiro atoms. The number of rotatable bonds is 7. The lowest BCUT2D eigenvalue weighted by Gasteiger charge is -2.38. The largest absolute Gasteiger partial charge is 0.322 e. The molecule has 184 valence electrons. The molecule has 1 aliphatic heterocycles. The van der Waals surface area contributed by atoms with E-state index in [1.54, 1.807) is 41.6 Å². The van der Waals surface area contributed by atoms with E-state index in [2.05, 4.69) is 15.2 Å². The van der Waals surface area contributed by atoms with E-state index in [1.807, 2.05) is 24.3 Å². The Morgan fingerprint density at radius 2 is 1.89 bits per heavy atom. The Balaban J connectivity index is 1.46. The van der Waals surface area contributed by atoms with Gasteiger partial charge in [-0.25, -0.2) is 17.6 Å². The first-order valence-corrected chi connectivity index (χ1v) is 13.4. The van der Waals surface area contributed by atoms with E-state index in [1.165, 1.54) is 18.4 Å². The number of urea groups is 1. The number of hydrogen-bond donors (Lipinski definition) is 1. The van der Waals surface area contributed by atoms with Crippen molar-refractivity contribution in [1.82, 2.24) is 14.8 Å². The molecular formula is C26H29FN4O3S. The number of nitrogens with zero attached hydrogens (tertiary/aromatic N) is 3. The fourth-order valence-electron chi connectivity index (χ4n) is 4.44. The molecular weight excluding hydrogens is 467 g/mol. The number of nitrogens with one attached hydrogen (secondary N) is 1. The minimum Gasteiger partial charge on any atom is -0.317 e. The molecule has 1 fully saturated rings. The predicted molar refractivity (Wildman–Crippen MR) is 133 cm³/mol. The molecule has 1 aromatic heterocycles. The summed E-state index contributed by atoms with van der Waals surface area (Å²) in [7, 11) is -3.31. The van der Waals surface area contributed by atoms with E-state index in [9.17, 15) is 17.6 Å². The highest BCUT2D eigenvalue weighted by Crippen LogP contribution is 2.24. The van der Waals surface area contributed by atoms with E-state index < -0.39 is 15.7 Å². The monoisotopic (exact) mass is 496 g/mol. The van der Waals surface area contributed by atoms with Gasteiger partial charge in [-0.1, -0.05) is 30.3 Å². The van der Waals surface area contributed by atoms with E-state index >= 15 is 0 Å². The van der Waals surface area contributed by atoms with E-state index in [0.717, 1.165) is 37.1 Å². The first-order valence-electron chi connectivity index (χ1n) is 11.5. The van der Waals surface area contributed by atoms with Gasteiger partial charge in [0.2, 0.25) is 0 Å². The quantitative estimate of drug-likeness (QED) is 0.527. The van der Waals surface area contributed by atoms with Crippen molar-refractivity contribution in [3.63, 3.8) is 0 Å². The van der Waals surface area contributed by atoms with Crippen LogP contribution in [0.15, 0.2) is 78.0 Å². The SMILES string of the molecule is CS(=O)(=O)c1ccccc1CN1CCC(N(Cc2cccnc2)C(=O)Nc2cccc(F)c2)CC1. The number of carbonyl (C=O) groups excluding carboxylic acids is 1. The summed E-state index contributed by atoms with van der Waals surface area (Å²) < 4.78 is 37.9. The van der Waals surface area contributed by atoms with Gasteiger partial charge in [-0.15, -0.1) is 0 Å². The van der Waals surface area contributed by atoms with E-state index in [4.69, 9.17) is 0 Å². The van der Waals surface area contributed by atoms with Gasteiger partial charge in [-0.05, 0) is 54.3 Å². The molecule has 0 saturated carbocycles. The van der Waals surface area contributed by atoms with Crippen molar-refractivity contribution in [2.24, 2.45) is 0 Å². The van der Waals surface area contributed by atoms with Crippen molar-refractivity contribution in [3.8, 4) is 0 Å². The Labute approximate surface area is 205 Å². The minimum atomic E-state index is -3.31. The maximum atomic E-state index is 13.6. The second-order valence-electron chi connectivity index (χ2n) is 8.82. The minimum absolute atomic E-state index is 0.0230. The maximum Gasteiger partial charge on any atom is 0.322 e. The van der Waals surface area contributed by atoms with Crippen LogP contribution in [0.4, 0.5) is 14.9 Å². The fourth-order valence-corrected chi connectivity index (χ4v) is 5.38. The van der Waals surface area contributed by atoms with Crippen LogP contribution in [0.5, 0.6) is 0 Å². The second-order valence-corrected chi connectivity index (χ2v) is 10.8. The average molecular weight is 497 g/mol. The number of pyridine rings is 1. The highest BCUT2D eigenvalue weighted by atomic mass is 32.2. The van der Waals surface area contributed by atoms with E-state index in [-0.39, 0.29) is 12.1 Å². The molecule has 0 aliphatic carbocycles. The molecule has 0 unspecified atom stereocenters. The summed E-state index contributed by atoms with van der Waals surface area (Å²) >= 11 is 0. The van der Waals surface area contributed by atoms with Gasteiger partial charge >= 0.3 is 6.03 Å². The summed E-state index contributed by atoms with van der Waals surface area (Å²) in [6.45, 7) is 2.36. The summed E-state index contributed by atoms with van der Waals surface area (Å²) in [5, 5.41) is 2.82. The Hall–Kier alpha value is -3.30. The van der Waals surface area contributed by atoms with Crippen molar-refractivity contribution in [3.05, 3.63) is 90.0 Å². The molecule has 7 nitrogen and oxygen atoms in total.